The van der Waals surface area contributed by atoms with Crippen LogP contribution in [0.5, 0.6) is 5.75 Å². The van der Waals surface area contributed by atoms with Crippen LogP contribution in [0.3, 0.4) is 0 Å². The van der Waals surface area contributed by atoms with E-state index in [9.17, 15) is 4.79 Å². The van der Waals surface area contributed by atoms with Crippen LogP contribution in [0.15, 0.2) is 18.2 Å². The number of ether oxygens (including phenoxy) is 1. The van der Waals surface area contributed by atoms with Crippen LogP contribution in [0.1, 0.15) is 42.6 Å². The van der Waals surface area contributed by atoms with Gasteiger partial charge in [-0.1, -0.05) is 6.92 Å². The minimum Gasteiger partial charge on any atom is -0.496 e. The number of carbonyl (C=O) groups is 1. The maximum Gasteiger partial charge on any atom is 0.335 e. The largest absolute Gasteiger partial charge is 0.496 e. The Hall–Kier alpha value is -1.55. The van der Waals surface area contributed by atoms with Crippen LogP contribution < -0.4 is 4.74 Å². The Morgan fingerprint density at radius 1 is 1.45 bits per heavy atom. The van der Waals surface area contributed by atoms with Crippen molar-refractivity contribution in [3.8, 4) is 5.75 Å². The van der Waals surface area contributed by atoms with Crippen molar-refractivity contribution in [1.29, 1.82) is 0 Å². The number of methoxy groups -OCH3 is 1. The summed E-state index contributed by atoms with van der Waals surface area (Å²) in [5.74, 6) is 0.548. The maximum absolute atomic E-state index is 11.1. The van der Waals surface area contributed by atoms with Crippen LogP contribution in [0.2, 0.25) is 0 Å². The highest BCUT2D eigenvalue weighted by Gasteiger charge is 2.25. The second-order valence-electron chi connectivity index (χ2n) is 5.66. The third-order valence-corrected chi connectivity index (χ3v) is 4.41. The zero-order valence-corrected chi connectivity index (χ0v) is 12.4. The Morgan fingerprint density at radius 2 is 2.20 bits per heavy atom. The number of hydrogen-bond donors (Lipinski definition) is 1. The number of benzene rings is 1. The van der Waals surface area contributed by atoms with Gasteiger partial charge in [0.2, 0.25) is 0 Å². The van der Waals surface area contributed by atoms with Gasteiger partial charge in [0.25, 0.3) is 0 Å². The molecule has 20 heavy (non-hydrogen) atoms. The van der Waals surface area contributed by atoms with E-state index in [0.29, 0.717) is 17.5 Å². The van der Waals surface area contributed by atoms with Gasteiger partial charge in [-0.15, -0.1) is 0 Å². The summed E-state index contributed by atoms with van der Waals surface area (Å²) in [4.78, 5) is 13.5. The molecule has 0 aliphatic carbocycles. The second kappa shape index (κ2) is 6.27. The van der Waals surface area contributed by atoms with E-state index in [1.807, 2.05) is 0 Å². The lowest BCUT2D eigenvalue weighted by Gasteiger charge is -2.38. The highest BCUT2D eigenvalue weighted by molar-refractivity contribution is 5.88. The molecule has 1 saturated heterocycles. The summed E-state index contributed by atoms with van der Waals surface area (Å²) in [5, 5.41) is 9.12. The fraction of sp³-hybridized carbons (Fsp3) is 0.562. The predicted octanol–water partition coefficient (Wildman–Crippen LogP) is 3.01. The maximum atomic E-state index is 11.1. The van der Waals surface area contributed by atoms with Gasteiger partial charge in [-0.25, -0.2) is 4.79 Å². The first-order valence-electron chi connectivity index (χ1n) is 7.17. The zero-order chi connectivity index (χ0) is 14.7. The van der Waals surface area contributed by atoms with Gasteiger partial charge in [0.15, 0.2) is 0 Å². The minimum atomic E-state index is -0.894. The van der Waals surface area contributed by atoms with E-state index in [1.54, 1.807) is 25.3 Å². The molecule has 0 radical (unpaired) electrons. The van der Waals surface area contributed by atoms with Crippen molar-refractivity contribution in [3.05, 3.63) is 29.3 Å². The van der Waals surface area contributed by atoms with Crippen LogP contribution in [0.25, 0.3) is 0 Å². The molecule has 4 heteroatoms. The smallest absolute Gasteiger partial charge is 0.335 e. The van der Waals surface area contributed by atoms with E-state index in [4.69, 9.17) is 9.84 Å². The average Bonchev–Trinajstić information content (AvgIpc) is 2.43. The Morgan fingerprint density at radius 3 is 2.85 bits per heavy atom. The summed E-state index contributed by atoms with van der Waals surface area (Å²) in [7, 11) is 1.63. The fourth-order valence-corrected chi connectivity index (χ4v) is 2.90. The summed E-state index contributed by atoms with van der Waals surface area (Å²) in [5.41, 5.74) is 1.27. The Labute approximate surface area is 120 Å². The molecular weight excluding hydrogens is 254 g/mol. The first-order chi connectivity index (χ1) is 9.52. The molecule has 1 N–H and O–H groups in total. The standard InChI is InChI=1S/C16H23NO3/c1-11-5-4-8-17(12(11)2)10-14-9-13(16(18)19)6-7-15(14)20-3/h6-7,9,11-12H,4-5,8,10H2,1-3H3,(H,18,19). The zero-order valence-electron chi connectivity index (χ0n) is 12.4. The summed E-state index contributed by atoms with van der Waals surface area (Å²) in [6, 6.07) is 5.58. The van der Waals surface area contributed by atoms with Crippen LogP contribution in [0, 0.1) is 5.92 Å². The lowest BCUT2D eigenvalue weighted by molar-refractivity contribution is 0.0696. The van der Waals surface area contributed by atoms with E-state index >= 15 is 0 Å². The van der Waals surface area contributed by atoms with Gasteiger partial charge in [0, 0.05) is 18.2 Å². The highest BCUT2D eigenvalue weighted by atomic mass is 16.5. The van der Waals surface area contributed by atoms with Gasteiger partial charge in [0.05, 0.1) is 12.7 Å². The van der Waals surface area contributed by atoms with Crippen LogP contribution in [-0.4, -0.2) is 35.7 Å². The van der Waals surface area contributed by atoms with Gasteiger partial charge < -0.3 is 9.84 Å². The molecular formula is C16H23NO3. The third kappa shape index (κ3) is 3.12. The lowest BCUT2D eigenvalue weighted by Crippen LogP contribution is -2.41. The first-order valence-corrected chi connectivity index (χ1v) is 7.17. The number of carboxylic acid groups (broad SMARTS) is 1. The summed E-state index contributed by atoms with van der Waals surface area (Å²) in [6.45, 7) is 6.33. The molecule has 1 aromatic carbocycles. The molecule has 0 amide bonds. The lowest BCUT2D eigenvalue weighted by atomic mass is 9.91. The van der Waals surface area contributed by atoms with Crippen molar-refractivity contribution in [2.24, 2.45) is 5.92 Å². The average molecular weight is 277 g/mol. The molecule has 0 bridgehead atoms. The number of nitrogens with zero attached hydrogens (tertiary/aromatic N) is 1. The predicted molar refractivity (Wildman–Crippen MR) is 78.2 cm³/mol. The fourth-order valence-electron chi connectivity index (χ4n) is 2.90. The highest BCUT2D eigenvalue weighted by Crippen LogP contribution is 2.28. The molecule has 1 heterocycles. The number of likely N-dealkylation sites (tertiary alicyclic amines) is 1. The van der Waals surface area contributed by atoms with Crippen LogP contribution >= 0.6 is 0 Å². The monoisotopic (exact) mass is 277 g/mol. The third-order valence-electron chi connectivity index (χ3n) is 4.41. The Kier molecular flexibility index (Phi) is 4.65. The topological polar surface area (TPSA) is 49.8 Å². The van der Waals surface area contributed by atoms with Crippen molar-refractivity contribution < 1.29 is 14.6 Å². The number of hydrogen-bond acceptors (Lipinski definition) is 3. The Balaban J connectivity index is 2.22. The molecule has 2 atom stereocenters. The SMILES string of the molecule is COc1ccc(C(=O)O)cc1CN1CCCC(C)C1C. The normalized spacial score (nSPS) is 23.6. The molecule has 2 rings (SSSR count). The number of rotatable bonds is 4. The van der Waals surface area contributed by atoms with Crippen molar-refractivity contribution in [2.45, 2.75) is 39.3 Å². The van der Waals surface area contributed by atoms with Gasteiger partial charge in [-0.2, -0.15) is 0 Å². The summed E-state index contributed by atoms with van der Waals surface area (Å²) in [6.07, 6.45) is 2.47. The van der Waals surface area contributed by atoms with Crippen LogP contribution in [0.4, 0.5) is 0 Å². The number of piperidine rings is 1. The van der Waals surface area contributed by atoms with Crippen molar-refractivity contribution in [1.82, 2.24) is 4.90 Å². The first kappa shape index (κ1) is 14.9. The molecule has 110 valence electrons. The number of carboxylic acids is 1. The van der Waals surface area contributed by atoms with E-state index in [0.717, 1.165) is 24.4 Å². The van der Waals surface area contributed by atoms with Gasteiger partial charge in [-0.3, -0.25) is 4.90 Å². The molecule has 1 aliphatic heterocycles. The van der Waals surface area contributed by atoms with E-state index < -0.39 is 5.97 Å². The molecule has 4 nitrogen and oxygen atoms in total. The van der Waals surface area contributed by atoms with Gasteiger partial charge in [-0.05, 0) is 50.4 Å². The number of aromatic carboxylic acids is 1. The van der Waals surface area contributed by atoms with Crippen LogP contribution in [-0.2, 0) is 6.54 Å². The second-order valence-corrected chi connectivity index (χ2v) is 5.66. The van der Waals surface area contributed by atoms with Crippen molar-refractivity contribution in [3.63, 3.8) is 0 Å². The van der Waals surface area contributed by atoms with E-state index in [2.05, 4.69) is 18.7 Å². The quantitative estimate of drug-likeness (QED) is 0.919. The van der Waals surface area contributed by atoms with Gasteiger partial charge >= 0.3 is 5.97 Å². The van der Waals surface area contributed by atoms with E-state index in [1.165, 1.54) is 12.8 Å². The molecule has 2 unspecified atom stereocenters. The van der Waals surface area contributed by atoms with E-state index in [-0.39, 0.29) is 0 Å². The molecule has 1 aliphatic rings. The minimum absolute atomic E-state index is 0.318. The van der Waals surface area contributed by atoms with Gasteiger partial charge in [0.1, 0.15) is 5.75 Å². The Bertz CT molecular complexity index is 487. The van der Waals surface area contributed by atoms with Crippen molar-refractivity contribution in [2.75, 3.05) is 13.7 Å². The summed E-state index contributed by atoms with van der Waals surface area (Å²) < 4.78 is 5.36. The molecule has 0 spiro atoms. The molecule has 0 aromatic heterocycles. The molecule has 0 saturated carbocycles. The summed E-state index contributed by atoms with van der Waals surface area (Å²) >= 11 is 0. The molecule has 1 fully saturated rings. The van der Waals surface area contributed by atoms with Crippen molar-refractivity contribution >= 4 is 5.97 Å². The molecule has 1 aromatic rings.